The van der Waals surface area contributed by atoms with Gasteiger partial charge in [-0.05, 0) is 42.8 Å². The zero-order valence-corrected chi connectivity index (χ0v) is 14.6. The Balaban J connectivity index is 2.31. The molecule has 1 atom stereocenters. The highest BCUT2D eigenvalue weighted by Crippen LogP contribution is 2.28. The molecule has 2 N–H and O–H groups in total. The summed E-state index contributed by atoms with van der Waals surface area (Å²) < 4.78 is 10.6. The molecule has 23 heavy (non-hydrogen) atoms. The number of carbonyl (C=O) groups excluding carboxylic acids is 1. The van der Waals surface area contributed by atoms with Crippen molar-refractivity contribution in [3.05, 3.63) is 41.1 Å². The molecule has 1 aliphatic rings. The molecule has 1 aromatic carbocycles. The fourth-order valence-electron chi connectivity index (χ4n) is 2.33. The van der Waals surface area contributed by atoms with Crippen LogP contribution < -0.4 is 15.4 Å². The average Bonchev–Trinajstić information content (AvgIpc) is 2.52. The Morgan fingerprint density at radius 2 is 1.96 bits per heavy atom. The maximum atomic E-state index is 12.5. The van der Waals surface area contributed by atoms with E-state index in [1.807, 2.05) is 45.0 Å². The van der Waals surface area contributed by atoms with Crippen molar-refractivity contribution < 1.29 is 14.3 Å². The van der Waals surface area contributed by atoms with Gasteiger partial charge in [-0.25, -0.2) is 4.79 Å². The number of benzene rings is 1. The van der Waals surface area contributed by atoms with Crippen molar-refractivity contribution in [3.63, 3.8) is 0 Å². The molecule has 0 fully saturated rings. The lowest BCUT2D eigenvalue weighted by Gasteiger charge is -2.30. The molecule has 2 rings (SSSR count). The molecule has 0 saturated carbocycles. The van der Waals surface area contributed by atoms with Gasteiger partial charge in [0, 0.05) is 5.70 Å². The molecule has 0 bridgehead atoms. The van der Waals surface area contributed by atoms with Crippen molar-refractivity contribution in [2.24, 2.45) is 5.92 Å². The van der Waals surface area contributed by atoms with Crippen LogP contribution in [0.15, 0.2) is 35.5 Å². The van der Waals surface area contributed by atoms with Gasteiger partial charge in [0.25, 0.3) is 0 Å². The molecule has 0 radical (unpaired) electrons. The fraction of sp³-hybridized carbons (Fsp3) is 0.412. The predicted octanol–water partition coefficient (Wildman–Crippen LogP) is 2.69. The Labute approximate surface area is 142 Å². The van der Waals surface area contributed by atoms with E-state index in [0.717, 1.165) is 11.3 Å². The van der Waals surface area contributed by atoms with Crippen LogP contribution in [0.2, 0.25) is 0 Å². The minimum atomic E-state index is -0.339. The van der Waals surface area contributed by atoms with Crippen molar-refractivity contribution in [1.29, 1.82) is 0 Å². The number of hydrogen-bond donors (Lipinski definition) is 2. The molecule has 0 aromatic heterocycles. The third-order valence-corrected chi connectivity index (χ3v) is 3.71. The summed E-state index contributed by atoms with van der Waals surface area (Å²) in [7, 11) is 1.62. The van der Waals surface area contributed by atoms with E-state index >= 15 is 0 Å². The van der Waals surface area contributed by atoms with E-state index < -0.39 is 0 Å². The zero-order chi connectivity index (χ0) is 17.0. The van der Waals surface area contributed by atoms with Gasteiger partial charge in [-0.2, -0.15) is 0 Å². The van der Waals surface area contributed by atoms with Crippen molar-refractivity contribution in [2.75, 3.05) is 13.7 Å². The van der Waals surface area contributed by atoms with Crippen molar-refractivity contribution in [1.82, 2.24) is 10.6 Å². The maximum Gasteiger partial charge on any atom is 0.338 e. The van der Waals surface area contributed by atoms with Crippen LogP contribution in [0, 0.1) is 5.92 Å². The summed E-state index contributed by atoms with van der Waals surface area (Å²) in [6, 6.07) is 7.19. The molecule has 0 saturated heterocycles. The Morgan fingerprint density at radius 1 is 1.30 bits per heavy atom. The topological polar surface area (TPSA) is 59.6 Å². The minimum Gasteiger partial charge on any atom is -0.497 e. The Hall–Kier alpha value is -2.08. The van der Waals surface area contributed by atoms with Gasteiger partial charge in [-0.1, -0.05) is 26.0 Å². The number of nitrogens with one attached hydrogen (secondary N) is 2. The van der Waals surface area contributed by atoms with Crippen LogP contribution >= 0.6 is 12.2 Å². The van der Waals surface area contributed by atoms with Crippen LogP contribution in [0.25, 0.3) is 0 Å². The number of methoxy groups -OCH3 is 1. The number of allylic oxidation sites excluding steroid dienone is 1. The van der Waals surface area contributed by atoms with Crippen LogP contribution in [0.3, 0.4) is 0 Å². The average molecular weight is 334 g/mol. The van der Waals surface area contributed by atoms with Gasteiger partial charge < -0.3 is 20.1 Å². The molecule has 1 aromatic rings. The maximum absolute atomic E-state index is 12.5. The molecule has 0 amide bonds. The number of esters is 1. The highest BCUT2D eigenvalue weighted by atomic mass is 32.1. The summed E-state index contributed by atoms with van der Waals surface area (Å²) in [5, 5.41) is 6.62. The smallest absolute Gasteiger partial charge is 0.338 e. The molecule has 1 heterocycles. The van der Waals surface area contributed by atoms with E-state index in [4.69, 9.17) is 21.7 Å². The van der Waals surface area contributed by atoms with Gasteiger partial charge in [-0.15, -0.1) is 0 Å². The van der Waals surface area contributed by atoms with E-state index in [1.165, 1.54) is 0 Å². The summed E-state index contributed by atoms with van der Waals surface area (Å²) in [5.74, 6) is 0.708. The quantitative estimate of drug-likeness (QED) is 0.638. The number of ether oxygens (including phenoxy) is 2. The number of hydrogen-bond acceptors (Lipinski definition) is 4. The third-order valence-electron chi connectivity index (χ3n) is 3.49. The molecule has 0 aliphatic carbocycles. The van der Waals surface area contributed by atoms with Gasteiger partial charge >= 0.3 is 5.97 Å². The Kier molecular flexibility index (Phi) is 5.60. The van der Waals surface area contributed by atoms with E-state index in [2.05, 4.69) is 10.6 Å². The summed E-state index contributed by atoms with van der Waals surface area (Å²) in [5.41, 5.74) is 2.18. The summed E-state index contributed by atoms with van der Waals surface area (Å²) in [6.07, 6.45) is 0. The van der Waals surface area contributed by atoms with E-state index in [-0.39, 0.29) is 17.9 Å². The van der Waals surface area contributed by atoms with Crippen molar-refractivity contribution in [2.45, 2.75) is 26.8 Å². The summed E-state index contributed by atoms with van der Waals surface area (Å²) in [6.45, 7) is 6.22. The lowest BCUT2D eigenvalue weighted by Crippen LogP contribution is -2.45. The van der Waals surface area contributed by atoms with Gasteiger partial charge in [0.05, 0.1) is 25.3 Å². The first kappa shape index (κ1) is 17.3. The fourth-order valence-corrected chi connectivity index (χ4v) is 2.60. The zero-order valence-electron chi connectivity index (χ0n) is 13.8. The third kappa shape index (κ3) is 4.22. The van der Waals surface area contributed by atoms with Gasteiger partial charge in [0.2, 0.25) is 0 Å². The second kappa shape index (κ2) is 7.46. The number of carbonyl (C=O) groups is 1. The normalized spacial score (nSPS) is 17.6. The molecule has 0 spiro atoms. The molecule has 0 unspecified atom stereocenters. The molecular weight excluding hydrogens is 312 g/mol. The summed E-state index contributed by atoms with van der Waals surface area (Å²) >= 11 is 5.22. The lowest BCUT2D eigenvalue weighted by molar-refractivity contribution is -0.140. The Morgan fingerprint density at radius 3 is 2.52 bits per heavy atom. The first-order chi connectivity index (χ1) is 10.9. The molecule has 5 nitrogen and oxygen atoms in total. The SMILES string of the molecule is COc1ccc([C@@H]2NC(=S)NC(C)=C2C(=O)OCC(C)C)cc1. The Bertz CT molecular complexity index is 623. The minimum absolute atomic E-state index is 0.282. The number of rotatable bonds is 5. The van der Waals surface area contributed by atoms with Gasteiger partial charge in [0.1, 0.15) is 5.75 Å². The largest absolute Gasteiger partial charge is 0.497 e. The van der Waals surface area contributed by atoms with Crippen LogP contribution in [0.5, 0.6) is 5.75 Å². The van der Waals surface area contributed by atoms with E-state index in [1.54, 1.807) is 7.11 Å². The van der Waals surface area contributed by atoms with Crippen LogP contribution in [0.1, 0.15) is 32.4 Å². The van der Waals surface area contributed by atoms with Crippen LogP contribution in [-0.4, -0.2) is 24.8 Å². The second-order valence-electron chi connectivity index (χ2n) is 5.84. The highest BCUT2D eigenvalue weighted by Gasteiger charge is 2.31. The van der Waals surface area contributed by atoms with E-state index in [9.17, 15) is 4.79 Å². The van der Waals surface area contributed by atoms with Crippen molar-refractivity contribution in [3.8, 4) is 5.75 Å². The molecular formula is C17H22N2O3S. The lowest BCUT2D eigenvalue weighted by atomic mass is 9.95. The van der Waals surface area contributed by atoms with Crippen LogP contribution in [0.4, 0.5) is 0 Å². The highest BCUT2D eigenvalue weighted by molar-refractivity contribution is 7.80. The van der Waals surface area contributed by atoms with E-state index in [0.29, 0.717) is 23.0 Å². The summed E-state index contributed by atoms with van der Waals surface area (Å²) in [4.78, 5) is 12.5. The molecule has 1 aliphatic heterocycles. The number of thiocarbonyl (C=S) groups is 1. The molecule has 124 valence electrons. The van der Waals surface area contributed by atoms with Crippen LogP contribution in [-0.2, 0) is 9.53 Å². The first-order valence-electron chi connectivity index (χ1n) is 7.51. The van der Waals surface area contributed by atoms with Crippen molar-refractivity contribution >= 4 is 23.3 Å². The van der Waals surface area contributed by atoms with Gasteiger partial charge in [-0.3, -0.25) is 0 Å². The first-order valence-corrected chi connectivity index (χ1v) is 7.92. The predicted molar refractivity (Wildman–Crippen MR) is 93.1 cm³/mol. The monoisotopic (exact) mass is 334 g/mol. The van der Waals surface area contributed by atoms with Gasteiger partial charge in [0.15, 0.2) is 5.11 Å². The second-order valence-corrected chi connectivity index (χ2v) is 6.24. The molecule has 6 heteroatoms. The standard InChI is InChI=1S/C17H22N2O3S/c1-10(2)9-22-16(20)14-11(3)18-17(23)19-15(14)12-5-7-13(21-4)8-6-12/h5-8,10,15H,9H2,1-4H3,(H2,18,19,23)/t15-/m0/s1.